The summed E-state index contributed by atoms with van der Waals surface area (Å²) >= 11 is 0. The summed E-state index contributed by atoms with van der Waals surface area (Å²) in [6, 6.07) is 16.8. The van der Waals surface area contributed by atoms with Crippen LogP contribution in [0.5, 0.6) is 0 Å². The Labute approximate surface area is 176 Å². The van der Waals surface area contributed by atoms with Crippen molar-refractivity contribution in [2.24, 2.45) is 0 Å². The molecule has 0 spiro atoms. The Morgan fingerprint density at radius 1 is 0.900 bits per heavy atom. The van der Waals surface area contributed by atoms with Gasteiger partial charge < -0.3 is 5.32 Å². The molecule has 4 aromatic rings. The van der Waals surface area contributed by atoms with E-state index in [-0.39, 0.29) is 18.1 Å². The molecular weight excluding hydrogens is 415 g/mol. The highest BCUT2D eigenvalue weighted by atomic mass is 35.5. The van der Waals surface area contributed by atoms with Crippen LogP contribution in [-0.4, -0.2) is 15.9 Å². The largest absolute Gasteiger partial charge is 0.416 e. The minimum Gasteiger partial charge on any atom is -0.322 e. The van der Waals surface area contributed by atoms with Crippen molar-refractivity contribution in [2.45, 2.75) is 6.18 Å². The Bertz CT molecular complexity index is 1200. The van der Waals surface area contributed by atoms with E-state index in [0.717, 1.165) is 17.7 Å². The molecule has 0 fully saturated rings. The van der Waals surface area contributed by atoms with Crippen LogP contribution in [0.3, 0.4) is 0 Å². The van der Waals surface area contributed by atoms with Gasteiger partial charge >= 0.3 is 6.18 Å². The van der Waals surface area contributed by atoms with Crippen molar-refractivity contribution in [3.05, 3.63) is 90.3 Å². The van der Waals surface area contributed by atoms with Gasteiger partial charge in [0.1, 0.15) is 0 Å². The molecule has 0 saturated carbocycles. The van der Waals surface area contributed by atoms with Gasteiger partial charge in [-0.25, -0.2) is 4.98 Å². The number of halogens is 4. The molecule has 2 aromatic carbocycles. The average Bonchev–Trinajstić information content (AvgIpc) is 2.73. The first kappa shape index (κ1) is 21.3. The summed E-state index contributed by atoms with van der Waals surface area (Å²) in [4.78, 5) is 21.5. The molecule has 2 heterocycles. The van der Waals surface area contributed by atoms with Crippen LogP contribution >= 0.6 is 12.4 Å². The Balaban J connectivity index is 0.00000256. The number of nitrogens with one attached hydrogen (secondary N) is 1. The lowest BCUT2D eigenvalue weighted by Gasteiger charge is -2.12. The second-order valence-electron chi connectivity index (χ2n) is 6.34. The number of hydrogen-bond donors (Lipinski definition) is 1. The van der Waals surface area contributed by atoms with Crippen LogP contribution in [0.2, 0.25) is 0 Å². The normalized spacial score (nSPS) is 11.0. The van der Waals surface area contributed by atoms with Gasteiger partial charge in [-0.05, 0) is 42.5 Å². The highest BCUT2D eigenvalue weighted by Crippen LogP contribution is 2.31. The zero-order valence-electron chi connectivity index (χ0n) is 15.4. The third kappa shape index (κ3) is 4.41. The molecule has 4 nitrogen and oxygen atoms in total. The van der Waals surface area contributed by atoms with Crippen molar-refractivity contribution < 1.29 is 18.0 Å². The van der Waals surface area contributed by atoms with Gasteiger partial charge in [-0.15, -0.1) is 12.4 Å². The maximum absolute atomic E-state index is 13.0. The SMILES string of the molecule is Cl.O=C(Nc1cccc(C(F)(F)F)c1)c1cc(-c2ccncc2)nc2ccccc12. The maximum Gasteiger partial charge on any atom is 0.416 e. The molecule has 4 rings (SSSR count). The molecule has 1 N–H and O–H groups in total. The molecular formula is C22H15ClF3N3O. The summed E-state index contributed by atoms with van der Waals surface area (Å²) in [5.41, 5.74) is 1.51. The Morgan fingerprint density at radius 2 is 1.63 bits per heavy atom. The summed E-state index contributed by atoms with van der Waals surface area (Å²) in [7, 11) is 0. The van der Waals surface area contributed by atoms with Crippen molar-refractivity contribution in [3.63, 3.8) is 0 Å². The lowest BCUT2D eigenvalue weighted by molar-refractivity contribution is -0.137. The number of rotatable bonds is 3. The number of alkyl halides is 3. The molecule has 0 atom stereocenters. The number of nitrogens with zero attached hydrogens (tertiary/aromatic N) is 2. The monoisotopic (exact) mass is 429 g/mol. The van der Waals surface area contributed by atoms with Crippen molar-refractivity contribution in [2.75, 3.05) is 5.32 Å². The minimum absolute atomic E-state index is 0. The number of carbonyl (C=O) groups excluding carboxylic acids is 1. The van der Waals surface area contributed by atoms with Crippen molar-refractivity contribution >= 4 is 34.9 Å². The first-order valence-corrected chi connectivity index (χ1v) is 8.70. The standard InChI is InChI=1S/C22H14F3N3O.ClH/c23-22(24,25)15-4-3-5-16(12-15)27-21(29)18-13-20(14-8-10-26-11-9-14)28-19-7-2-1-6-17(18)19;/h1-13H,(H,27,29);1H. The number of pyridine rings is 2. The van der Waals surface area contributed by atoms with Crippen LogP contribution in [0, 0.1) is 0 Å². The smallest absolute Gasteiger partial charge is 0.322 e. The summed E-state index contributed by atoms with van der Waals surface area (Å²) in [6.07, 6.45) is -1.25. The summed E-state index contributed by atoms with van der Waals surface area (Å²) in [5, 5.41) is 3.17. The van der Waals surface area contributed by atoms with Crippen LogP contribution < -0.4 is 5.32 Å². The van der Waals surface area contributed by atoms with Crippen molar-refractivity contribution in [3.8, 4) is 11.3 Å². The second kappa shape index (κ2) is 8.51. The molecule has 0 unspecified atom stereocenters. The molecule has 1 amide bonds. The first-order chi connectivity index (χ1) is 13.9. The van der Waals surface area contributed by atoms with Gasteiger partial charge in [0, 0.05) is 29.0 Å². The molecule has 0 aliphatic rings. The second-order valence-corrected chi connectivity index (χ2v) is 6.34. The third-order valence-electron chi connectivity index (χ3n) is 4.38. The number of para-hydroxylation sites is 1. The van der Waals surface area contributed by atoms with Crippen LogP contribution in [0.1, 0.15) is 15.9 Å². The lowest BCUT2D eigenvalue weighted by atomic mass is 10.0. The van der Waals surface area contributed by atoms with E-state index in [1.54, 1.807) is 54.9 Å². The molecule has 0 aliphatic heterocycles. The highest BCUT2D eigenvalue weighted by Gasteiger charge is 2.30. The third-order valence-corrected chi connectivity index (χ3v) is 4.38. The number of benzene rings is 2. The van der Waals surface area contributed by atoms with Gasteiger partial charge in [-0.2, -0.15) is 13.2 Å². The zero-order valence-corrected chi connectivity index (χ0v) is 16.2. The fourth-order valence-corrected chi connectivity index (χ4v) is 3.01. The maximum atomic E-state index is 13.0. The van der Waals surface area contributed by atoms with Crippen LogP contribution in [-0.2, 0) is 6.18 Å². The van der Waals surface area contributed by atoms with Gasteiger partial charge in [0.25, 0.3) is 5.91 Å². The van der Waals surface area contributed by atoms with Gasteiger partial charge in [-0.3, -0.25) is 9.78 Å². The number of hydrogen-bond acceptors (Lipinski definition) is 3. The van der Waals surface area contributed by atoms with Crippen molar-refractivity contribution in [1.82, 2.24) is 9.97 Å². The molecule has 152 valence electrons. The van der Waals surface area contributed by atoms with Gasteiger partial charge in [0.15, 0.2) is 0 Å². The molecule has 2 aromatic heterocycles. The first-order valence-electron chi connectivity index (χ1n) is 8.70. The molecule has 30 heavy (non-hydrogen) atoms. The van der Waals surface area contributed by atoms with E-state index in [9.17, 15) is 18.0 Å². The number of carbonyl (C=O) groups is 1. The molecule has 0 saturated heterocycles. The quantitative estimate of drug-likeness (QED) is 0.435. The Kier molecular flexibility index (Phi) is 6.03. The fourth-order valence-electron chi connectivity index (χ4n) is 3.01. The highest BCUT2D eigenvalue weighted by molar-refractivity contribution is 6.13. The number of fused-ring (bicyclic) bond motifs is 1. The topological polar surface area (TPSA) is 54.9 Å². The van der Waals surface area contributed by atoms with Crippen LogP contribution in [0.15, 0.2) is 79.1 Å². The lowest BCUT2D eigenvalue weighted by Crippen LogP contribution is -2.14. The predicted molar refractivity (Wildman–Crippen MR) is 112 cm³/mol. The van der Waals surface area contributed by atoms with Gasteiger partial charge in [0.05, 0.1) is 22.3 Å². The summed E-state index contributed by atoms with van der Waals surface area (Å²) in [6.45, 7) is 0. The van der Waals surface area contributed by atoms with Gasteiger partial charge in [0.2, 0.25) is 0 Å². The average molecular weight is 430 g/mol. The van der Waals surface area contributed by atoms with Crippen LogP contribution in [0.4, 0.5) is 18.9 Å². The van der Waals surface area contributed by atoms with E-state index in [0.29, 0.717) is 22.2 Å². The Hall–Kier alpha value is -3.45. The number of aromatic nitrogens is 2. The summed E-state index contributed by atoms with van der Waals surface area (Å²) < 4.78 is 38.9. The molecule has 0 bridgehead atoms. The molecule has 8 heteroatoms. The predicted octanol–water partition coefficient (Wildman–Crippen LogP) is 5.99. The van der Waals surface area contributed by atoms with E-state index >= 15 is 0 Å². The van der Waals surface area contributed by atoms with E-state index in [4.69, 9.17) is 0 Å². The number of anilines is 1. The van der Waals surface area contributed by atoms with E-state index < -0.39 is 17.6 Å². The summed E-state index contributed by atoms with van der Waals surface area (Å²) in [5.74, 6) is -0.516. The van der Waals surface area contributed by atoms with E-state index in [1.807, 2.05) is 0 Å². The van der Waals surface area contributed by atoms with Crippen LogP contribution in [0.25, 0.3) is 22.2 Å². The zero-order chi connectivity index (χ0) is 20.4. The van der Waals surface area contributed by atoms with Crippen molar-refractivity contribution in [1.29, 1.82) is 0 Å². The fraction of sp³-hybridized carbons (Fsp3) is 0.0455. The van der Waals surface area contributed by atoms with Gasteiger partial charge in [-0.1, -0.05) is 24.3 Å². The van der Waals surface area contributed by atoms with E-state index in [1.165, 1.54) is 12.1 Å². The minimum atomic E-state index is -4.49. The Morgan fingerprint density at radius 3 is 2.37 bits per heavy atom. The molecule has 0 radical (unpaired) electrons. The molecule has 0 aliphatic carbocycles. The number of amides is 1. The van der Waals surface area contributed by atoms with E-state index in [2.05, 4.69) is 15.3 Å².